The van der Waals surface area contributed by atoms with Gasteiger partial charge in [-0.05, 0) is 29.5 Å². The first-order valence-electron chi connectivity index (χ1n) is 2.34. The van der Waals surface area contributed by atoms with Gasteiger partial charge in [-0.3, -0.25) is 0 Å². The third-order valence-corrected chi connectivity index (χ3v) is 1.82. The third kappa shape index (κ3) is 3.20. The predicted octanol–water partition coefficient (Wildman–Crippen LogP) is 0.301. The summed E-state index contributed by atoms with van der Waals surface area (Å²) < 4.78 is 0.894. The Hall–Kier alpha value is 0.160. The van der Waals surface area contributed by atoms with Crippen molar-refractivity contribution >= 4 is 26.3 Å². The maximum Gasteiger partial charge on any atom is 0.114 e. The molecule has 0 spiro atoms. The Labute approximate surface area is 62.9 Å². The maximum absolute atomic E-state index is 5.44. The molecule has 0 rings (SSSR count). The lowest BCUT2D eigenvalue weighted by atomic mass is 10.4. The van der Waals surface area contributed by atoms with Gasteiger partial charge in [-0.1, -0.05) is 0 Å². The van der Waals surface area contributed by atoms with Crippen LogP contribution in [-0.4, -0.2) is 16.8 Å². The molecule has 0 heterocycles. The lowest BCUT2D eigenvalue weighted by Gasteiger charge is -1.99. The van der Waals surface area contributed by atoms with Crippen LogP contribution in [0.4, 0.5) is 0 Å². The average Bonchev–Trinajstić information content (AvgIpc) is 1.67. The molecule has 48 valence electrons. The molecule has 1 atom stereocenters. The standard InChI is InChI=1S/C4H10IN3/c1-3(6)4(5)8-7-2/h3,7H,6H2,1-2H3/b8-4+. The van der Waals surface area contributed by atoms with E-state index < -0.39 is 0 Å². The number of hydrogen-bond acceptors (Lipinski definition) is 3. The van der Waals surface area contributed by atoms with Gasteiger partial charge in [0.15, 0.2) is 0 Å². The molecule has 4 heteroatoms. The second-order valence-electron chi connectivity index (χ2n) is 1.45. The highest BCUT2D eigenvalue weighted by Crippen LogP contribution is 1.92. The maximum atomic E-state index is 5.44. The fraction of sp³-hybridized carbons (Fsp3) is 0.750. The highest BCUT2D eigenvalue weighted by Gasteiger charge is 1.97. The van der Waals surface area contributed by atoms with Gasteiger partial charge in [0.05, 0.1) is 6.04 Å². The molecule has 0 saturated heterocycles. The van der Waals surface area contributed by atoms with E-state index in [1.807, 2.05) is 6.92 Å². The highest BCUT2D eigenvalue weighted by atomic mass is 127. The zero-order chi connectivity index (χ0) is 6.57. The number of nitrogens with one attached hydrogen (secondary N) is 1. The van der Waals surface area contributed by atoms with Gasteiger partial charge >= 0.3 is 0 Å². The molecule has 0 aromatic carbocycles. The molecular weight excluding hydrogens is 217 g/mol. The van der Waals surface area contributed by atoms with Crippen molar-refractivity contribution in [3.63, 3.8) is 0 Å². The molecule has 0 amide bonds. The molecule has 0 bridgehead atoms. The first-order valence-corrected chi connectivity index (χ1v) is 3.41. The minimum Gasteiger partial charge on any atom is -0.322 e. The van der Waals surface area contributed by atoms with Crippen LogP contribution in [0.5, 0.6) is 0 Å². The van der Waals surface area contributed by atoms with E-state index >= 15 is 0 Å². The molecule has 0 aromatic rings. The smallest absolute Gasteiger partial charge is 0.114 e. The van der Waals surface area contributed by atoms with Crippen LogP contribution in [0.1, 0.15) is 6.92 Å². The topological polar surface area (TPSA) is 50.4 Å². The van der Waals surface area contributed by atoms with E-state index in [1.165, 1.54) is 0 Å². The number of hydrazone groups is 1. The molecule has 0 aliphatic heterocycles. The van der Waals surface area contributed by atoms with Crippen LogP contribution in [-0.2, 0) is 0 Å². The van der Waals surface area contributed by atoms with E-state index in [0.29, 0.717) is 0 Å². The summed E-state index contributed by atoms with van der Waals surface area (Å²) >= 11 is 2.09. The van der Waals surface area contributed by atoms with Crippen LogP contribution < -0.4 is 11.2 Å². The lowest BCUT2D eigenvalue weighted by molar-refractivity contribution is 0.879. The predicted molar refractivity (Wildman–Crippen MR) is 44.2 cm³/mol. The van der Waals surface area contributed by atoms with Gasteiger partial charge in [-0.15, -0.1) is 0 Å². The minimum absolute atomic E-state index is 0.0445. The Morgan fingerprint density at radius 2 is 2.38 bits per heavy atom. The van der Waals surface area contributed by atoms with Crippen molar-refractivity contribution in [3.8, 4) is 0 Å². The van der Waals surface area contributed by atoms with Crippen LogP contribution in [0.25, 0.3) is 0 Å². The molecule has 3 N–H and O–H groups in total. The van der Waals surface area contributed by atoms with Crippen molar-refractivity contribution in [2.24, 2.45) is 10.8 Å². The Balaban J connectivity index is 3.61. The summed E-state index contributed by atoms with van der Waals surface area (Å²) in [7, 11) is 1.75. The van der Waals surface area contributed by atoms with E-state index in [4.69, 9.17) is 5.73 Å². The summed E-state index contributed by atoms with van der Waals surface area (Å²) in [6.07, 6.45) is 0. The molecular formula is C4H10IN3. The van der Waals surface area contributed by atoms with Crippen LogP contribution in [0.3, 0.4) is 0 Å². The molecule has 0 aromatic heterocycles. The summed E-state index contributed by atoms with van der Waals surface area (Å²) in [5.74, 6) is 0. The Bertz CT molecular complexity index is 89.3. The van der Waals surface area contributed by atoms with E-state index in [-0.39, 0.29) is 6.04 Å². The van der Waals surface area contributed by atoms with Gasteiger partial charge < -0.3 is 11.2 Å². The van der Waals surface area contributed by atoms with E-state index in [2.05, 4.69) is 33.1 Å². The zero-order valence-corrected chi connectivity index (χ0v) is 7.14. The monoisotopic (exact) mass is 227 g/mol. The zero-order valence-electron chi connectivity index (χ0n) is 4.98. The lowest BCUT2D eigenvalue weighted by Crippen LogP contribution is -2.23. The van der Waals surface area contributed by atoms with E-state index in [1.54, 1.807) is 7.05 Å². The summed E-state index contributed by atoms with van der Waals surface area (Å²) in [4.78, 5) is 0. The van der Waals surface area contributed by atoms with Crippen LogP contribution in [0, 0.1) is 0 Å². The molecule has 0 fully saturated rings. The second kappa shape index (κ2) is 4.08. The van der Waals surface area contributed by atoms with Gasteiger partial charge in [-0.25, -0.2) is 0 Å². The second-order valence-corrected chi connectivity index (χ2v) is 2.55. The molecule has 0 aliphatic carbocycles. The number of halogens is 1. The van der Waals surface area contributed by atoms with Crippen molar-refractivity contribution in [1.29, 1.82) is 0 Å². The normalized spacial score (nSPS) is 15.8. The average molecular weight is 227 g/mol. The van der Waals surface area contributed by atoms with Crippen molar-refractivity contribution in [1.82, 2.24) is 5.43 Å². The number of nitrogens with two attached hydrogens (primary N) is 1. The molecule has 8 heavy (non-hydrogen) atoms. The van der Waals surface area contributed by atoms with Crippen LogP contribution in [0.15, 0.2) is 5.10 Å². The minimum atomic E-state index is 0.0445. The van der Waals surface area contributed by atoms with Crippen LogP contribution in [0.2, 0.25) is 0 Å². The van der Waals surface area contributed by atoms with Crippen LogP contribution >= 0.6 is 22.6 Å². The molecule has 0 saturated carbocycles. The largest absolute Gasteiger partial charge is 0.322 e. The van der Waals surface area contributed by atoms with Crippen molar-refractivity contribution in [2.75, 3.05) is 7.05 Å². The first-order chi connectivity index (χ1) is 3.68. The van der Waals surface area contributed by atoms with E-state index in [0.717, 1.165) is 3.72 Å². The SMILES string of the molecule is CN/N=C(/I)C(C)N. The van der Waals surface area contributed by atoms with Gasteiger partial charge in [0.2, 0.25) is 0 Å². The summed E-state index contributed by atoms with van der Waals surface area (Å²) in [6, 6.07) is 0.0445. The molecule has 1 unspecified atom stereocenters. The summed E-state index contributed by atoms with van der Waals surface area (Å²) in [6.45, 7) is 1.89. The Morgan fingerprint density at radius 3 is 2.50 bits per heavy atom. The fourth-order valence-electron chi connectivity index (χ4n) is 0.209. The Morgan fingerprint density at radius 1 is 1.88 bits per heavy atom. The summed E-state index contributed by atoms with van der Waals surface area (Å²) in [5, 5.41) is 3.85. The molecule has 3 nitrogen and oxygen atoms in total. The fourth-order valence-corrected chi connectivity index (χ4v) is 0.450. The van der Waals surface area contributed by atoms with Gasteiger partial charge in [0.25, 0.3) is 0 Å². The molecule has 0 aliphatic rings. The van der Waals surface area contributed by atoms with Crippen molar-refractivity contribution in [3.05, 3.63) is 0 Å². The number of rotatable bonds is 2. The van der Waals surface area contributed by atoms with Crippen molar-refractivity contribution in [2.45, 2.75) is 13.0 Å². The Kier molecular flexibility index (Phi) is 4.16. The quantitative estimate of drug-likeness (QED) is 0.405. The molecule has 0 radical (unpaired) electrons. The third-order valence-electron chi connectivity index (χ3n) is 0.594. The number of nitrogens with zero attached hydrogens (tertiary/aromatic N) is 1. The number of hydrogen-bond donors (Lipinski definition) is 2. The van der Waals surface area contributed by atoms with Crippen molar-refractivity contribution < 1.29 is 0 Å². The van der Waals surface area contributed by atoms with Gasteiger partial charge in [0, 0.05) is 7.05 Å². The highest BCUT2D eigenvalue weighted by molar-refractivity contribution is 14.1. The van der Waals surface area contributed by atoms with Gasteiger partial charge in [-0.2, -0.15) is 5.10 Å². The summed E-state index contributed by atoms with van der Waals surface area (Å²) in [5.41, 5.74) is 8.09. The van der Waals surface area contributed by atoms with E-state index in [9.17, 15) is 0 Å². The van der Waals surface area contributed by atoms with Gasteiger partial charge in [0.1, 0.15) is 3.72 Å². The first kappa shape index (κ1) is 8.16.